The summed E-state index contributed by atoms with van der Waals surface area (Å²) in [7, 11) is 0. The highest BCUT2D eigenvalue weighted by Crippen LogP contribution is 2.27. The van der Waals surface area contributed by atoms with Gasteiger partial charge in [-0.25, -0.2) is 4.98 Å². The number of nitrogens with zero attached hydrogens (tertiary/aromatic N) is 2. The van der Waals surface area contributed by atoms with Crippen LogP contribution in [0, 0.1) is 17.0 Å². The van der Waals surface area contributed by atoms with Crippen LogP contribution in [0.1, 0.15) is 32.3 Å². The maximum absolute atomic E-state index is 10.7. The van der Waals surface area contributed by atoms with Gasteiger partial charge >= 0.3 is 0 Å². The number of nitrogens with one attached hydrogen (secondary N) is 1. The lowest BCUT2D eigenvalue weighted by Gasteiger charge is -2.36. The van der Waals surface area contributed by atoms with Crippen molar-refractivity contribution in [3.05, 3.63) is 27.9 Å². The third-order valence-corrected chi connectivity index (χ3v) is 3.31. The number of hydrogen-bond acceptors (Lipinski definition) is 5. The van der Waals surface area contributed by atoms with Gasteiger partial charge in [0.2, 0.25) is 0 Å². The third-order valence-electron chi connectivity index (χ3n) is 3.31. The Balaban J connectivity index is 2.09. The molecule has 0 radical (unpaired) electrons. The van der Waals surface area contributed by atoms with Crippen molar-refractivity contribution < 1.29 is 9.66 Å². The standard InChI is InChI=1S/C13H19N3O3/c1-9-6-11(16(17)18)8-14-12(9)15-10-4-5-19-13(2,3)7-10/h6,8,10H,4-5,7H2,1-3H3,(H,14,15). The molecule has 0 bridgehead atoms. The van der Waals surface area contributed by atoms with Crippen molar-refractivity contribution in [2.45, 2.75) is 45.3 Å². The summed E-state index contributed by atoms with van der Waals surface area (Å²) in [5, 5.41) is 14.0. The lowest BCUT2D eigenvalue weighted by molar-refractivity contribution is -0.385. The molecule has 1 unspecified atom stereocenters. The van der Waals surface area contributed by atoms with Crippen molar-refractivity contribution in [2.75, 3.05) is 11.9 Å². The fourth-order valence-corrected chi connectivity index (χ4v) is 2.36. The average molecular weight is 265 g/mol. The number of aryl methyl sites for hydroxylation is 1. The lowest BCUT2D eigenvalue weighted by atomic mass is 9.94. The van der Waals surface area contributed by atoms with Crippen LogP contribution in [0.15, 0.2) is 12.3 Å². The van der Waals surface area contributed by atoms with Gasteiger partial charge in [0.05, 0.1) is 10.5 Å². The minimum Gasteiger partial charge on any atom is -0.375 e. The number of nitro groups is 1. The van der Waals surface area contributed by atoms with Gasteiger partial charge in [-0.1, -0.05) is 0 Å². The smallest absolute Gasteiger partial charge is 0.287 e. The zero-order valence-electron chi connectivity index (χ0n) is 11.5. The van der Waals surface area contributed by atoms with E-state index in [9.17, 15) is 10.1 Å². The van der Waals surface area contributed by atoms with Gasteiger partial charge in [-0.05, 0) is 39.2 Å². The molecule has 0 amide bonds. The molecule has 0 aromatic carbocycles. The topological polar surface area (TPSA) is 77.3 Å². The Bertz CT molecular complexity index is 488. The van der Waals surface area contributed by atoms with Gasteiger partial charge in [0.1, 0.15) is 12.0 Å². The summed E-state index contributed by atoms with van der Waals surface area (Å²) in [4.78, 5) is 14.4. The van der Waals surface area contributed by atoms with Crippen molar-refractivity contribution in [1.82, 2.24) is 4.98 Å². The molecule has 1 aromatic rings. The monoisotopic (exact) mass is 265 g/mol. The van der Waals surface area contributed by atoms with Crippen LogP contribution in [0.2, 0.25) is 0 Å². The summed E-state index contributed by atoms with van der Waals surface area (Å²) in [6.45, 7) is 6.68. The SMILES string of the molecule is Cc1cc([N+](=O)[O-])cnc1NC1CCOC(C)(C)C1. The largest absolute Gasteiger partial charge is 0.375 e. The van der Waals surface area contributed by atoms with Gasteiger partial charge in [-0.2, -0.15) is 0 Å². The van der Waals surface area contributed by atoms with Crippen molar-refractivity contribution in [2.24, 2.45) is 0 Å². The fourth-order valence-electron chi connectivity index (χ4n) is 2.36. The van der Waals surface area contributed by atoms with E-state index in [2.05, 4.69) is 24.1 Å². The minimum atomic E-state index is -0.429. The van der Waals surface area contributed by atoms with Gasteiger partial charge < -0.3 is 10.1 Å². The molecule has 6 nitrogen and oxygen atoms in total. The number of rotatable bonds is 3. The van der Waals surface area contributed by atoms with E-state index in [-0.39, 0.29) is 17.3 Å². The van der Waals surface area contributed by atoms with Gasteiger partial charge in [0, 0.05) is 18.7 Å². The summed E-state index contributed by atoms with van der Waals surface area (Å²) >= 11 is 0. The van der Waals surface area contributed by atoms with Crippen LogP contribution in [0.5, 0.6) is 0 Å². The van der Waals surface area contributed by atoms with Gasteiger partial charge in [0.25, 0.3) is 5.69 Å². The van der Waals surface area contributed by atoms with E-state index in [1.165, 1.54) is 6.20 Å². The molecule has 2 rings (SSSR count). The first-order valence-electron chi connectivity index (χ1n) is 6.39. The fraction of sp³-hybridized carbons (Fsp3) is 0.615. The third kappa shape index (κ3) is 3.41. The highest BCUT2D eigenvalue weighted by atomic mass is 16.6. The van der Waals surface area contributed by atoms with E-state index in [4.69, 9.17) is 4.74 Å². The molecule has 1 aliphatic heterocycles. The maximum atomic E-state index is 10.7. The van der Waals surface area contributed by atoms with E-state index in [0.717, 1.165) is 25.0 Å². The van der Waals surface area contributed by atoms with Crippen molar-refractivity contribution >= 4 is 11.5 Å². The highest BCUT2D eigenvalue weighted by Gasteiger charge is 2.29. The summed E-state index contributed by atoms with van der Waals surface area (Å²) in [6, 6.07) is 1.83. The molecule has 0 saturated carbocycles. The first-order valence-corrected chi connectivity index (χ1v) is 6.39. The summed E-state index contributed by atoms with van der Waals surface area (Å²) < 4.78 is 5.66. The van der Waals surface area contributed by atoms with Crippen molar-refractivity contribution in [1.29, 1.82) is 0 Å². The van der Waals surface area contributed by atoms with Gasteiger partial charge in [-0.3, -0.25) is 10.1 Å². The van der Waals surface area contributed by atoms with Crippen LogP contribution in [-0.2, 0) is 4.74 Å². The second-order valence-electron chi connectivity index (χ2n) is 5.56. The second-order valence-corrected chi connectivity index (χ2v) is 5.56. The number of aromatic nitrogens is 1. The molecule has 0 spiro atoms. The van der Waals surface area contributed by atoms with Crippen LogP contribution in [-0.4, -0.2) is 28.2 Å². The zero-order valence-corrected chi connectivity index (χ0v) is 11.5. The van der Waals surface area contributed by atoms with Crippen molar-refractivity contribution in [3.63, 3.8) is 0 Å². The van der Waals surface area contributed by atoms with E-state index in [0.29, 0.717) is 5.82 Å². The van der Waals surface area contributed by atoms with Crippen LogP contribution in [0.3, 0.4) is 0 Å². The molecule has 1 N–H and O–H groups in total. The number of ether oxygens (including phenoxy) is 1. The number of pyridine rings is 1. The predicted octanol–water partition coefficient (Wildman–Crippen LogP) is 2.67. The quantitative estimate of drug-likeness (QED) is 0.671. The zero-order chi connectivity index (χ0) is 14.0. The first kappa shape index (κ1) is 13.7. The minimum absolute atomic E-state index is 0.0235. The van der Waals surface area contributed by atoms with E-state index < -0.39 is 4.92 Å². The molecule has 104 valence electrons. The Labute approximate surface area is 112 Å². The first-order chi connectivity index (χ1) is 8.87. The van der Waals surface area contributed by atoms with Gasteiger partial charge in [-0.15, -0.1) is 0 Å². The molecular formula is C13H19N3O3. The van der Waals surface area contributed by atoms with E-state index in [1.807, 2.05) is 6.92 Å². The molecule has 1 saturated heterocycles. The molecule has 6 heteroatoms. The highest BCUT2D eigenvalue weighted by molar-refractivity contribution is 5.48. The van der Waals surface area contributed by atoms with Crippen LogP contribution in [0.4, 0.5) is 11.5 Å². The van der Waals surface area contributed by atoms with E-state index >= 15 is 0 Å². The number of anilines is 1. The molecule has 1 fully saturated rings. The molecule has 1 atom stereocenters. The summed E-state index contributed by atoms with van der Waals surface area (Å²) in [5.74, 6) is 0.716. The van der Waals surface area contributed by atoms with Crippen LogP contribution >= 0.6 is 0 Å². The molecule has 0 aliphatic carbocycles. The Morgan fingerprint density at radius 2 is 2.32 bits per heavy atom. The average Bonchev–Trinajstić information content (AvgIpc) is 2.30. The lowest BCUT2D eigenvalue weighted by Crippen LogP contribution is -2.40. The molecular weight excluding hydrogens is 246 g/mol. The Kier molecular flexibility index (Phi) is 3.71. The Morgan fingerprint density at radius 3 is 2.89 bits per heavy atom. The van der Waals surface area contributed by atoms with Crippen LogP contribution in [0.25, 0.3) is 0 Å². The Hall–Kier alpha value is -1.69. The van der Waals surface area contributed by atoms with E-state index in [1.54, 1.807) is 6.07 Å². The summed E-state index contributed by atoms with van der Waals surface area (Å²) in [6.07, 6.45) is 3.10. The van der Waals surface area contributed by atoms with Crippen molar-refractivity contribution in [3.8, 4) is 0 Å². The van der Waals surface area contributed by atoms with Crippen LogP contribution < -0.4 is 5.32 Å². The maximum Gasteiger partial charge on any atom is 0.287 e. The predicted molar refractivity (Wildman–Crippen MR) is 72.3 cm³/mol. The second kappa shape index (κ2) is 5.13. The van der Waals surface area contributed by atoms with Gasteiger partial charge in [0.15, 0.2) is 0 Å². The molecule has 2 heterocycles. The normalized spacial score (nSPS) is 21.9. The number of hydrogen-bond donors (Lipinski definition) is 1. The summed E-state index contributed by atoms with van der Waals surface area (Å²) in [5.41, 5.74) is 0.679. The molecule has 1 aromatic heterocycles. The molecule has 19 heavy (non-hydrogen) atoms. The molecule has 1 aliphatic rings. The Morgan fingerprint density at radius 1 is 1.58 bits per heavy atom.